The van der Waals surface area contributed by atoms with Gasteiger partial charge in [0.1, 0.15) is 0 Å². The highest BCUT2D eigenvalue weighted by Crippen LogP contribution is 1.93. The fourth-order valence-electron chi connectivity index (χ4n) is 0.568. The molecule has 0 fully saturated rings. The standard InChI is InChI=1S/C4H11N.C4H10O5S/c1-3-5-4-2;1-2-8-10(6,7)9-4-3-5/h5H,3-4H2,1-2H3;5H,2-4H2,1H3. The van der Waals surface area contributed by atoms with Gasteiger partial charge in [0, 0.05) is 0 Å². The fourth-order valence-corrected chi connectivity index (χ4v) is 1.20. The molecule has 0 unspecified atom stereocenters. The molecule has 0 spiro atoms. The molecule has 0 aromatic carbocycles. The minimum Gasteiger partial charge on any atom is -0.394 e. The van der Waals surface area contributed by atoms with E-state index in [1.807, 2.05) is 0 Å². The molecule has 0 aliphatic heterocycles. The zero-order valence-electron chi connectivity index (χ0n) is 9.52. The first-order chi connectivity index (χ1) is 7.04. The first-order valence-corrected chi connectivity index (χ1v) is 6.22. The Hall–Kier alpha value is -0.210. The zero-order valence-corrected chi connectivity index (χ0v) is 10.3. The van der Waals surface area contributed by atoms with Crippen LogP contribution < -0.4 is 5.32 Å². The third-order valence-electron chi connectivity index (χ3n) is 1.08. The summed E-state index contributed by atoms with van der Waals surface area (Å²) in [6.45, 7) is 7.35. The van der Waals surface area contributed by atoms with E-state index in [9.17, 15) is 8.42 Å². The van der Waals surface area contributed by atoms with E-state index in [0.717, 1.165) is 13.1 Å². The Morgan fingerprint density at radius 3 is 1.93 bits per heavy atom. The highest BCUT2D eigenvalue weighted by molar-refractivity contribution is 7.81. The largest absolute Gasteiger partial charge is 0.399 e. The van der Waals surface area contributed by atoms with E-state index in [-0.39, 0.29) is 19.8 Å². The van der Waals surface area contributed by atoms with Crippen LogP contribution in [0.4, 0.5) is 0 Å². The van der Waals surface area contributed by atoms with Gasteiger partial charge in [-0.05, 0) is 20.0 Å². The SMILES string of the molecule is CCNCC.CCOS(=O)(=O)OCCO. The van der Waals surface area contributed by atoms with Crippen molar-refractivity contribution in [3.05, 3.63) is 0 Å². The molecule has 94 valence electrons. The Balaban J connectivity index is 0. The number of aliphatic hydroxyl groups excluding tert-OH is 1. The molecule has 0 aliphatic carbocycles. The Morgan fingerprint density at radius 1 is 1.13 bits per heavy atom. The summed E-state index contributed by atoms with van der Waals surface area (Å²) in [4.78, 5) is 0. The molecule has 0 saturated carbocycles. The van der Waals surface area contributed by atoms with Crippen LogP contribution in [-0.2, 0) is 18.8 Å². The zero-order chi connectivity index (χ0) is 12.2. The summed E-state index contributed by atoms with van der Waals surface area (Å²) >= 11 is 0. The van der Waals surface area contributed by atoms with Crippen molar-refractivity contribution >= 4 is 10.4 Å². The third kappa shape index (κ3) is 16.5. The normalized spacial score (nSPS) is 10.7. The molecule has 0 aliphatic rings. The van der Waals surface area contributed by atoms with Crippen LogP contribution in [0.1, 0.15) is 20.8 Å². The minimum absolute atomic E-state index is 0.0355. The fraction of sp³-hybridized carbons (Fsp3) is 1.00. The highest BCUT2D eigenvalue weighted by atomic mass is 32.3. The predicted octanol–water partition coefficient (Wildman–Crippen LogP) is -0.108. The minimum atomic E-state index is -3.85. The van der Waals surface area contributed by atoms with Crippen molar-refractivity contribution in [2.24, 2.45) is 0 Å². The first-order valence-electron chi connectivity index (χ1n) is 4.89. The van der Waals surface area contributed by atoms with Crippen LogP contribution in [0, 0.1) is 0 Å². The maximum Gasteiger partial charge on any atom is 0.399 e. The third-order valence-corrected chi connectivity index (χ3v) is 2.06. The van der Waals surface area contributed by atoms with Gasteiger partial charge in [0.25, 0.3) is 0 Å². The van der Waals surface area contributed by atoms with Crippen LogP contribution in [0.3, 0.4) is 0 Å². The van der Waals surface area contributed by atoms with E-state index in [2.05, 4.69) is 27.5 Å². The molecule has 0 heterocycles. The molecule has 0 amide bonds. The van der Waals surface area contributed by atoms with Crippen molar-refractivity contribution in [1.82, 2.24) is 5.32 Å². The van der Waals surface area contributed by atoms with Gasteiger partial charge in [-0.15, -0.1) is 0 Å². The lowest BCUT2D eigenvalue weighted by Gasteiger charge is -2.00. The number of rotatable bonds is 7. The second kappa shape index (κ2) is 11.9. The lowest BCUT2D eigenvalue weighted by atomic mass is 10.7. The second-order valence-electron chi connectivity index (χ2n) is 2.32. The molecule has 0 saturated heterocycles. The highest BCUT2D eigenvalue weighted by Gasteiger charge is 2.08. The lowest BCUT2D eigenvalue weighted by molar-refractivity contribution is 0.171. The number of aliphatic hydroxyl groups is 1. The number of hydrogen-bond donors (Lipinski definition) is 2. The summed E-state index contributed by atoms with van der Waals surface area (Å²) < 4.78 is 29.2. The van der Waals surface area contributed by atoms with E-state index >= 15 is 0 Å². The molecule has 0 aromatic rings. The summed E-state index contributed by atoms with van der Waals surface area (Å²) in [6.07, 6.45) is 0. The Labute approximate surface area is 91.9 Å². The van der Waals surface area contributed by atoms with Gasteiger partial charge in [-0.2, -0.15) is 8.42 Å². The van der Waals surface area contributed by atoms with Crippen molar-refractivity contribution in [2.75, 3.05) is 32.9 Å². The van der Waals surface area contributed by atoms with Gasteiger partial charge in [-0.3, -0.25) is 0 Å². The number of hydrogen-bond acceptors (Lipinski definition) is 6. The van der Waals surface area contributed by atoms with Crippen molar-refractivity contribution in [3.8, 4) is 0 Å². The van der Waals surface area contributed by atoms with Gasteiger partial charge in [-0.25, -0.2) is 8.37 Å². The monoisotopic (exact) mass is 243 g/mol. The van der Waals surface area contributed by atoms with Gasteiger partial charge >= 0.3 is 10.4 Å². The maximum absolute atomic E-state index is 10.4. The summed E-state index contributed by atoms with van der Waals surface area (Å²) in [6, 6.07) is 0. The van der Waals surface area contributed by atoms with Gasteiger partial charge in [0.15, 0.2) is 0 Å². The van der Waals surface area contributed by atoms with Crippen LogP contribution in [0.25, 0.3) is 0 Å². The quantitative estimate of drug-likeness (QED) is 0.649. The van der Waals surface area contributed by atoms with Gasteiger partial charge < -0.3 is 10.4 Å². The van der Waals surface area contributed by atoms with Gasteiger partial charge in [-0.1, -0.05) is 13.8 Å². The topological polar surface area (TPSA) is 84.9 Å². The molecular formula is C8H21NO5S. The van der Waals surface area contributed by atoms with Crippen LogP contribution in [0.2, 0.25) is 0 Å². The molecule has 7 heteroatoms. The van der Waals surface area contributed by atoms with E-state index in [1.54, 1.807) is 0 Å². The maximum atomic E-state index is 10.4. The molecule has 0 bridgehead atoms. The molecule has 0 atom stereocenters. The molecular weight excluding hydrogens is 222 g/mol. The lowest BCUT2D eigenvalue weighted by Crippen LogP contribution is -2.12. The molecule has 0 radical (unpaired) electrons. The molecule has 2 N–H and O–H groups in total. The van der Waals surface area contributed by atoms with Crippen molar-refractivity contribution in [3.63, 3.8) is 0 Å². The van der Waals surface area contributed by atoms with Gasteiger partial charge in [0.2, 0.25) is 0 Å². The summed E-state index contributed by atoms with van der Waals surface area (Å²) in [7, 11) is -3.85. The van der Waals surface area contributed by atoms with Crippen LogP contribution in [-0.4, -0.2) is 46.4 Å². The predicted molar refractivity (Wildman–Crippen MR) is 57.8 cm³/mol. The van der Waals surface area contributed by atoms with Crippen molar-refractivity contribution in [1.29, 1.82) is 0 Å². The van der Waals surface area contributed by atoms with Crippen molar-refractivity contribution in [2.45, 2.75) is 20.8 Å². The van der Waals surface area contributed by atoms with Crippen LogP contribution >= 0.6 is 0 Å². The molecule has 0 rings (SSSR count). The molecule has 15 heavy (non-hydrogen) atoms. The van der Waals surface area contributed by atoms with E-state index in [0.29, 0.717) is 0 Å². The van der Waals surface area contributed by atoms with E-state index in [4.69, 9.17) is 5.11 Å². The second-order valence-corrected chi connectivity index (χ2v) is 3.61. The Morgan fingerprint density at radius 2 is 1.67 bits per heavy atom. The summed E-state index contributed by atoms with van der Waals surface area (Å²) in [5, 5.41) is 11.3. The smallest absolute Gasteiger partial charge is 0.394 e. The van der Waals surface area contributed by atoms with E-state index in [1.165, 1.54) is 6.92 Å². The summed E-state index contributed by atoms with van der Waals surface area (Å²) in [5.41, 5.74) is 0. The van der Waals surface area contributed by atoms with Gasteiger partial charge in [0.05, 0.1) is 19.8 Å². The van der Waals surface area contributed by atoms with E-state index < -0.39 is 10.4 Å². The van der Waals surface area contributed by atoms with Crippen molar-refractivity contribution < 1.29 is 21.9 Å². The van der Waals surface area contributed by atoms with Crippen LogP contribution in [0.5, 0.6) is 0 Å². The average Bonchev–Trinajstić information content (AvgIpc) is 2.17. The number of nitrogens with one attached hydrogen (secondary N) is 1. The average molecular weight is 243 g/mol. The molecule has 0 aromatic heterocycles. The Kier molecular flexibility index (Phi) is 13.6. The first kappa shape index (κ1) is 17.2. The molecule has 6 nitrogen and oxygen atoms in total. The summed E-state index contributed by atoms with van der Waals surface area (Å²) in [5.74, 6) is 0. The van der Waals surface area contributed by atoms with Crippen LogP contribution in [0.15, 0.2) is 0 Å². The Bertz CT molecular complexity index is 203.